The SMILES string of the molecule is Cc1c(C(=O)N2CCCC(O)(Cc3nncn3C)C2)oc2ccccc12. The zero-order valence-corrected chi connectivity index (χ0v) is 15.0. The number of amides is 1. The van der Waals surface area contributed by atoms with Crippen LogP contribution in [0.5, 0.6) is 0 Å². The van der Waals surface area contributed by atoms with Crippen LogP contribution in [0.15, 0.2) is 35.0 Å². The molecule has 1 aromatic carbocycles. The Kier molecular flexibility index (Phi) is 4.03. The number of nitrogens with zero attached hydrogens (tertiary/aromatic N) is 4. The van der Waals surface area contributed by atoms with E-state index >= 15 is 0 Å². The van der Waals surface area contributed by atoms with E-state index in [9.17, 15) is 9.90 Å². The highest BCUT2D eigenvalue weighted by atomic mass is 16.3. The van der Waals surface area contributed by atoms with E-state index in [2.05, 4.69) is 10.2 Å². The molecule has 1 aliphatic heterocycles. The molecule has 4 rings (SSSR count). The molecule has 3 heterocycles. The zero-order valence-electron chi connectivity index (χ0n) is 15.0. The number of carbonyl (C=O) groups excluding carboxylic acids is 1. The second-order valence-electron chi connectivity index (χ2n) is 7.14. The lowest BCUT2D eigenvalue weighted by molar-refractivity contribution is -0.0265. The lowest BCUT2D eigenvalue weighted by Gasteiger charge is -2.38. The maximum absolute atomic E-state index is 13.0. The molecule has 0 saturated carbocycles. The van der Waals surface area contributed by atoms with E-state index in [4.69, 9.17) is 4.42 Å². The summed E-state index contributed by atoms with van der Waals surface area (Å²) in [6.45, 7) is 2.76. The third-order valence-corrected chi connectivity index (χ3v) is 5.17. The van der Waals surface area contributed by atoms with Gasteiger partial charge in [0.05, 0.1) is 12.1 Å². The van der Waals surface area contributed by atoms with Crippen LogP contribution in [-0.4, -0.2) is 49.4 Å². The van der Waals surface area contributed by atoms with Gasteiger partial charge in [0.2, 0.25) is 0 Å². The van der Waals surface area contributed by atoms with Gasteiger partial charge in [-0.3, -0.25) is 4.79 Å². The smallest absolute Gasteiger partial charge is 0.289 e. The lowest BCUT2D eigenvalue weighted by Crippen LogP contribution is -2.51. The van der Waals surface area contributed by atoms with Gasteiger partial charge in [-0.2, -0.15) is 0 Å². The number of hydrogen-bond donors (Lipinski definition) is 1. The Balaban J connectivity index is 1.58. The summed E-state index contributed by atoms with van der Waals surface area (Å²) in [4.78, 5) is 14.7. The number of para-hydroxylation sites is 1. The number of fused-ring (bicyclic) bond motifs is 1. The standard InChI is InChI=1S/C19H22N4O3/c1-13-14-6-3-4-7-15(14)26-17(13)18(24)23-9-5-8-19(25,11-23)10-16-21-20-12-22(16)2/h3-4,6-7,12,25H,5,8-11H2,1-2H3. The molecule has 0 spiro atoms. The van der Waals surface area contributed by atoms with Crippen molar-refractivity contribution < 1.29 is 14.3 Å². The van der Waals surface area contributed by atoms with Gasteiger partial charge in [-0.1, -0.05) is 18.2 Å². The van der Waals surface area contributed by atoms with Crippen LogP contribution in [-0.2, 0) is 13.5 Å². The molecule has 0 aliphatic carbocycles. The Morgan fingerprint density at radius 2 is 2.19 bits per heavy atom. The first kappa shape index (κ1) is 16.8. The highest BCUT2D eigenvalue weighted by Crippen LogP contribution is 2.29. The van der Waals surface area contributed by atoms with Gasteiger partial charge in [0.25, 0.3) is 5.91 Å². The number of benzene rings is 1. The van der Waals surface area contributed by atoms with Crippen molar-refractivity contribution in [3.05, 3.63) is 47.7 Å². The minimum atomic E-state index is -1.01. The van der Waals surface area contributed by atoms with E-state index in [1.165, 1.54) is 0 Å². The van der Waals surface area contributed by atoms with E-state index in [-0.39, 0.29) is 12.5 Å². The molecule has 1 unspecified atom stereocenters. The van der Waals surface area contributed by atoms with Crippen molar-refractivity contribution in [2.24, 2.45) is 7.05 Å². The Morgan fingerprint density at radius 3 is 2.92 bits per heavy atom. The van der Waals surface area contributed by atoms with Gasteiger partial charge in [-0.25, -0.2) is 0 Å². The Hall–Kier alpha value is -2.67. The molecule has 2 aromatic heterocycles. The normalized spacial score (nSPS) is 20.7. The molecule has 1 N–H and O–H groups in total. The summed E-state index contributed by atoms with van der Waals surface area (Å²) in [5, 5.41) is 19.9. The molecule has 1 saturated heterocycles. The first-order valence-electron chi connectivity index (χ1n) is 8.79. The first-order valence-corrected chi connectivity index (χ1v) is 8.79. The van der Waals surface area contributed by atoms with Crippen LogP contribution in [0, 0.1) is 6.92 Å². The van der Waals surface area contributed by atoms with Crippen molar-refractivity contribution in [1.29, 1.82) is 0 Å². The van der Waals surface area contributed by atoms with Crippen molar-refractivity contribution in [1.82, 2.24) is 19.7 Å². The van der Waals surface area contributed by atoms with Crippen molar-refractivity contribution in [2.75, 3.05) is 13.1 Å². The molecule has 3 aromatic rings. The number of likely N-dealkylation sites (tertiary alicyclic amines) is 1. The fourth-order valence-corrected chi connectivity index (χ4v) is 3.71. The molecular formula is C19H22N4O3. The predicted octanol–water partition coefficient (Wildman–Crippen LogP) is 2.08. The zero-order chi connectivity index (χ0) is 18.3. The van der Waals surface area contributed by atoms with Gasteiger partial charge >= 0.3 is 0 Å². The summed E-state index contributed by atoms with van der Waals surface area (Å²) in [5.41, 5.74) is 0.543. The van der Waals surface area contributed by atoms with Gasteiger partial charge in [-0.15, -0.1) is 10.2 Å². The molecule has 26 heavy (non-hydrogen) atoms. The number of aromatic nitrogens is 3. The largest absolute Gasteiger partial charge is 0.451 e. The molecule has 7 nitrogen and oxygen atoms in total. The topological polar surface area (TPSA) is 84.4 Å². The van der Waals surface area contributed by atoms with Crippen LogP contribution in [0.25, 0.3) is 11.0 Å². The number of rotatable bonds is 3. The first-order chi connectivity index (χ1) is 12.5. The predicted molar refractivity (Wildman–Crippen MR) is 95.7 cm³/mol. The maximum Gasteiger partial charge on any atom is 0.289 e. The summed E-state index contributed by atoms with van der Waals surface area (Å²) in [7, 11) is 1.85. The monoisotopic (exact) mass is 354 g/mol. The number of hydrogen-bond acceptors (Lipinski definition) is 5. The highest BCUT2D eigenvalue weighted by molar-refractivity contribution is 5.99. The van der Waals surface area contributed by atoms with Crippen LogP contribution in [0.3, 0.4) is 0 Å². The van der Waals surface area contributed by atoms with Gasteiger partial charge < -0.3 is 19.0 Å². The quantitative estimate of drug-likeness (QED) is 0.778. The average molecular weight is 354 g/mol. The van der Waals surface area contributed by atoms with Crippen molar-refractivity contribution in [3.8, 4) is 0 Å². The number of aliphatic hydroxyl groups is 1. The van der Waals surface area contributed by atoms with Gasteiger partial charge in [0.15, 0.2) is 5.76 Å². The maximum atomic E-state index is 13.0. The number of aryl methyl sites for hydroxylation is 2. The molecule has 1 atom stereocenters. The van der Waals surface area contributed by atoms with E-state index in [1.807, 2.05) is 38.2 Å². The van der Waals surface area contributed by atoms with Crippen LogP contribution < -0.4 is 0 Å². The molecule has 1 amide bonds. The Morgan fingerprint density at radius 1 is 1.38 bits per heavy atom. The van der Waals surface area contributed by atoms with Crippen molar-refractivity contribution >= 4 is 16.9 Å². The molecule has 0 bridgehead atoms. The fraction of sp³-hybridized carbons (Fsp3) is 0.421. The number of furan rings is 1. The van der Waals surface area contributed by atoms with E-state index in [0.29, 0.717) is 36.6 Å². The summed E-state index contributed by atoms with van der Waals surface area (Å²) in [5.74, 6) is 0.894. The number of piperidine rings is 1. The van der Waals surface area contributed by atoms with E-state index in [0.717, 1.165) is 17.4 Å². The molecule has 1 fully saturated rings. The number of β-amino-alcohol motifs (C(OH)–C–C–N with tert-alkyl or cyclic N) is 1. The van der Waals surface area contributed by atoms with Crippen LogP contribution in [0.1, 0.15) is 34.8 Å². The molecule has 0 radical (unpaired) electrons. The second kappa shape index (κ2) is 6.25. The Labute approximate surface area is 151 Å². The van der Waals surface area contributed by atoms with Gasteiger partial charge in [0, 0.05) is 31.0 Å². The fourth-order valence-electron chi connectivity index (χ4n) is 3.71. The molecule has 1 aliphatic rings. The van der Waals surface area contributed by atoms with E-state index in [1.54, 1.807) is 15.8 Å². The summed E-state index contributed by atoms with van der Waals surface area (Å²) in [6.07, 6.45) is 3.34. The molecular weight excluding hydrogens is 332 g/mol. The third-order valence-electron chi connectivity index (χ3n) is 5.17. The average Bonchev–Trinajstić information content (AvgIpc) is 3.18. The molecule has 7 heteroatoms. The number of carbonyl (C=O) groups is 1. The third kappa shape index (κ3) is 2.88. The summed E-state index contributed by atoms with van der Waals surface area (Å²) < 4.78 is 7.60. The molecule has 136 valence electrons. The lowest BCUT2D eigenvalue weighted by atomic mass is 9.89. The second-order valence-corrected chi connectivity index (χ2v) is 7.14. The summed E-state index contributed by atoms with van der Waals surface area (Å²) in [6, 6.07) is 7.63. The van der Waals surface area contributed by atoms with Crippen LogP contribution in [0.2, 0.25) is 0 Å². The van der Waals surface area contributed by atoms with Gasteiger partial charge in [-0.05, 0) is 25.8 Å². The van der Waals surface area contributed by atoms with E-state index < -0.39 is 5.60 Å². The van der Waals surface area contributed by atoms with Crippen molar-refractivity contribution in [3.63, 3.8) is 0 Å². The van der Waals surface area contributed by atoms with Gasteiger partial charge in [0.1, 0.15) is 17.7 Å². The minimum Gasteiger partial charge on any atom is -0.451 e. The van der Waals surface area contributed by atoms with Crippen LogP contribution in [0.4, 0.5) is 0 Å². The minimum absolute atomic E-state index is 0.171. The van der Waals surface area contributed by atoms with Crippen LogP contribution >= 0.6 is 0 Å². The Bertz CT molecular complexity index is 961. The highest BCUT2D eigenvalue weighted by Gasteiger charge is 2.38. The van der Waals surface area contributed by atoms with Crippen molar-refractivity contribution in [2.45, 2.75) is 31.8 Å². The summed E-state index contributed by atoms with van der Waals surface area (Å²) >= 11 is 0.